The number of hydrogen-bond donors (Lipinski definition) is 1. The quantitative estimate of drug-likeness (QED) is 0.828. The lowest BCUT2D eigenvalue weighted by Gasteiger charge is -2.35. The highest BCUT2D eigenvalue weighted by atomic mass is 19.4. The van der Waals surface area contributed by atoms with Crippen LogP contribution in [-0.2, 0) is 9.59 Å². The van der Waals surface area contributed by atoms with Crippen LogP contribution in [0.1, 0.15) is 19.8 Å². The maximum Gasteiger partial charge on any atom is 0.401 e. The molecule has 0 bridgehead atoms. The van der Waals surface area contributed by atoms with Gasteiger partial charge >= 0.3 is 12.1 Å². The standard InChI is InChI=1S/C12H19F3N2O3/c1-9(7-11(19)20)6-10(18)17-4-2-16(3-5-17)8-12(13,14)15/h9H,2-8H2,1H3,(H,19,20). The number of carboxylic acid groups (broad SMARTS) is 1. The molecule has 0 aromatic carbocycles. The predicted octanol–water partition coefficient (Wildman–Crippen LogP) is 1.19. The molecule has 5 nitrogen and oxygen atoms in total. The average molecular weight is 296 g/mol. The SMILES string of the molecule is CC(CC(=O)O)CC(=O)N1CCN(CC(F)(F)F)CC1. The smallest absolute Gasteiger partial charge is 0.401 e. The molecule has 1 aliphatic heterocycles. The van der Waals surface area contributed by atoms with Crippen LogP contribution in [0.5, 0.6) is 0 Å². The number of carbonyl (C=O) groups is 2. The monoisotopic (exact) mass is 296 g/mol. The summed E-state index contributed by atoms with van der Waals surface area (Å²) in [6.45, 7) is 1.62. The van der Waals surface area contributed by atoms with E-state index < -0.39 is 18.7 Å². The Morgan fingerprint density at radius 2 is 1.70 bits per heavy atom. The number of rotatable bonds is 5. The van der Waals surface area contributed by atoms with E-state index >= 15 is 0 Å². The minimum atomic E-state index is -4.22. The van der Waals surface area contributed by atoms with E-state index in [9.17, 15) is 22.8 Å². The highest BCUT2D eigenvalue weighted by molar-refractivity contribution is 5.77. The van der Waals surface area contributed by atoms with Gasteiger partial charge < -0.3 is 10.0 Å². The van der Waals surface area contributed by atoms with Crippen LogP contribution in [0.4, 0.5) is 13.2 Å². The van der Waals surface area contributed by atoms with E-state index in [4.69, 9.17) is 5.11 Å². The summed E-state index contributed by atoms with van der Waals surface area (Å²) in [6.07, 6.45) is -4.19. The van der Waals surface area contributed by atoms with Crippen LogP contribution in [0.2, 0.25) is 0 Å². The van der Waals surface area contributed by atoms with Crippen molar-refractivity contribution >= 4 is 11.9 Å². The van der Waals surface area contributed by atoms with Crippen LogP contribution in [-0.4, -0.2) is 65.7 Å². The summed E-state index contributed by atoms with van der Waals surface area (Å²) < 4.78 is 36.6. The lowest BCUT2D eigenvalue weighted by Crippen LogP contribution is -2.51. The largest absolute Gasteiger partial charge is 0.481 e. The third kappa shape index (κ3) is 6.23. The Bertz CT molecular complexity index is 352. The van der Waals surface area contributed by atoms with E-state index in [0.29, 0.717) is 0 Å². The van der Waals surface area contributed by atoms with Gasteiger partial charge in [0.2, 0.25) is 5.91 Å². The first-order chi connectivity index (χ1) is 9.17. The molecule has 1 unspecified atom stereocenters. The number of carbonyl (C=O) groups excluding carboxylic acids is 1. The fraction of sp³-hybridized carbons (Fsp3) is 0.833. The number of halogens is 3. The van der Waals surface area contributed by atoms with Crippen molar-refractivity contribution in [1.29, 1.82) is 0 Å². The van der Waals surface area contributed by atoms with Crippen LogP contribution < -0.4 is 0 Å². The van der Waals surface area contributed by atoms with Crippen molar-refractivity contribution in [2.24, 2.45) is 5.92 Å². The van der Waals surface area contributed by atoms with Gasteiger partial charge in [-0.2, -0.15) is 13.2 Å². The Kier molecular flexibility index (Phi) is 5.79. The Morgan fingerprint density at radius 1 is 1.15 bits per heavy atom. The Labute approximate surface area is 115 Å². The van der Waals surface area contributed by atoms with E-state index in [2.05, 4.69) is 0 Å². The highest BCUT2D eigenvalue weighted by Crippen LogP contribution is 2.18. The maximum atomic E-state index is 12.2. The molecule has 1 atom stereocenters. The molecule has 1 aliphatic rings. The van der Waals surface area contributed by atoms with Gasteiger partial charge in [0, 0.05) is 39.0 Å². The summed E-state index contributed by atoms with van der Waals surface area (Å²) in [4.78, 5) is 25.2. The molecule has 1 fully saturated rings. The second kappa shape index (κ2) is 6.92. The van der Waals surface area contributed by atoms with E-state index in [-0.39, 0.29) is 50.8 Å². The number of nitrogens with zero attached hydrogens (tertiary/aromatic N) is 2. The number of alkyl halides is 3. The van der Waals surface area contributed by atoms with Crippen LogP contribution in [0.25, 0.3) is 0 Å². The van der Waals surface area contributed by atoms with E-state index in [1.165, 1.54) is 9.80 Å². The van der Waals surface area contributed by atoms with Gasteiger partial charge in [0.05, 0.1) is 6.54 Å². The van der Waals surface area contributed by atoms with Gasteiger partial charge in [0.25, 0.3) is 0 Å². The molecule has 0 spiro atoms. The number of carboxylic acids is 1. The fourth-order valence-corrected chi connectivity index (χ4v) is 2.21. The summed E-state index contributed by atoms with van der Waals surface area (Å²) in [6, 6.07) is 0. The number of amides is 1. The van der Waals surface area contributed by atoms with Gasteiger partial charge in [-0.05, 0) is 5.92 Å². The molecule has 0 aromatic heterocycles. The molecular weight excluding hydrogens is 277 g/mol. The second-order valence-electron chi connectivity index (χ2n) is 5.18. The Hall–Kier alpha value is -1.31. The molecule has 20 heavy (non-hydrogen) atoms. The van der Waals surface area contributed by atoms with E-state index in [1.807, 2.05) is 0 Å². The first kappa shape index (κ1) is 16.7. The molecule has 1 saturated heterocycles. The zero-order valence-electron chi connectivity index (χ0n) is 11.3. The average Bonchev–Trinajstić information content (AvgIpc) is 2.26. The molecule has 1 amide bonds. The van der Waals surface area contributed by atoms with Crippen LogP contribution in [0.3, 0.4) is 0 Å². The van der Waals surface area contributed by atoms with Crippen molar-refractivity contribution < 1.29 is 27.9 Å². The molecular formula is C12H19F3N2O3. The summed E-state index contributed by atoms with van der Waals surface area (Å²) in [7, 11) is 0. The van der Waals surface area contributed by atoms with Crippen LogP contribution in [0.15, 0.2) is 0 Å². The minimum Gasteiger partial charge on any atom is -0.481 e. The zero-order valence-corrected chi connectivity index (χ0v) is 11.3. The van der Waals surface area contributed by atoms with Crippen molar-refractivity contribution in [3.05, 3.63) is 0 Å². The van der Waals surface area contributed by atoms with E-state index in [1.54, 1.807) is 6.92 Å². The zero-order chi connectivity index (χ0) is 15.3. The van der Waals surface area contributed by atoms with Crippen molar-refractivity contribution in [3.63, 3.8) is 0 Å². The molecule has 1 heterocycles. The summed E-state index contributed by atoms with van der Waals surface area (Å²) >= 11 is 0. The van der Waals surface area contributed by atoms with E-state index in [0.717, 1.165) is 0 Å². The van der Waals surface area contributed by atoms with Crippen LogP contribution in [0, 0.1) is 5.92 Å². The fourth-order valence-electron chi connectivity index (χ4n) is 2.21. The normalized spacial score (nSPS) is 18.9. The van der Waals surface area contributed by atoms with Gasteiger partial charge in [-0.15, -0.1) is 0 Å². The first-order valence-corrected chi connectivity index (χ1v) is 6.46. The maximum absolute atomic E-state index is 12.2. The Balaban J connectivity index is 2.34. The van der Waals surface area contributed by atoms with Crippen molar-refractivity contribution in [3.8, 4) is 0 Å². The third-order valence-electron chi connectivity index (χ3n) is 3.17. The molecule has 0 saturated carbocycles. The lowest BCUT2D eigenvalue weighted by molar-refractivity contribution is -0.151. The van der Waals surface area contributed by atoms with Gasteiger partial charge in [-0.1, -0.05) is 6.92 Å². The predicted molar refractivity (Wildman–Crippen MR) is 65.1 cm³/mol. The molecule has 0 aliphatic carbocycles. The molecule has 8 heteroatoms. The lowest BCUT2D eigenvalue weighted by atomic mass is 10.0. The van der Waals surface area contributed by atoms with Crippen molar-refractivity contribution in [2.75, 3.05) is 32.7 Å². The summed E-state index contributed by atoms with van der Waals surface area (Å²) in [5.74, 6) is -1.42. The molecule has 1 N–H and O–H groups in total. The van der Waals surface area contributed by atoms with Crippen LogP contribution >= 0.6 is 0 Å². The minimum absolute atomic E-state index is 0.0836. The molecule has 1 rings (SSSR count). The first-order valence-electron chi connectivity index (χ1n) is 6.46. The van der Waals surface area contributed by atoms with Crippen molar-refractivity contribution in [1.82, 2.24) is 9.80 Å². The van der Waals surface area contributed by atoms with Gasteiger partial charge in [-0.3, -0.25) is 14.5 Å². The topological polar surface area (TPSA) is 60.9 Å². The molecule has 116 valence electrons. The molecule has 0 radical (unpaired) electrons. The van der Waals surface area contributed by atoms with Gasteiger partial charge in [0.15, 0.2) is 0 Å². The Morgan fingerprint density at radius 3 is 2.15 bits per heavy atom. The number of piperazine rings is 1. The highest BCUT2D eigenvalue weighted by Gasteiger charge is 2.32. The molecule has 0 aromatic rings. The summed E-state index contributed by atoms with van der Waals surface area (Å²) in [5, 5.41) is 8.61. The third-order valence-corrected chi connectivity index (χ3v) is 3.17. The van der Waals surface area contributed by atoms with Gasteiger partial charge in [-0.25, -0.2) is 0 Å². The second-order valence-corrected chi connectivity index (χ2v) is 5.18. The number of aliphatic carboxylic acids is 1. The number of hydrogen-bond acceptors (Lipinski definition) is 3. The summed E-state index contributed by atoms with van der Waals surface area (Å²) in [5.41, 5.74) is 0. The van der Waals surface area contributed by atoms with Gasteiger partial charge in [0.1, 0.15) is 0 Å². The van der Waals surface area contributed by atoms with Crippen molar-refractivity contribution in [2.45, 2.75) is 25.9 Å².